The summed E-state index contributed by atoms with van der Waals surface area (Å²) in [4.78, 5) is 7.58. The van der Waals surface area contributed by atoms with Crippen molar-refractivity contribution in [3.05, 3.63) is 59.4 Å². The van der Waals surface area contributed by atoms with Crippen LogP contribution in [0.25, 0.3) is 11.0 Å². The van der Waals surface area contributed by atoms with Crippen LogP contribution in [0.5, 0.6) is 0 Å². The molecule has 5 nitrogen and oxygen atoms in total. The van der Waals surface area contributed by atoms with Crippen LogP contribution in [-0.4, -0.2) is 18.4 Å². The van der Waals surface area contributed by atoms with Crippen molar-refractivity contribution in [1.29, 1.82) is 0 Å². The summed E-state index contributed by atoms with van der Waals surface area (Å²) in [5.41, 5.74) is 0.677. The zero-order valence-corrected chi connectivity index (χ0v) is 14.2. The van der Waals surface area contributed by atoms with E-state index in [4.69, 9.17) is 5.14 Å². The molecule has 1 aliphatic carbocycles. The van der Waals surface area contributed by atoms with Gasteiger partial charge in [0, 0.05) is 0 Å². The Labute approximate surface area is 147 Å². The van der Waals surface area contributed by atoms with Crippen molar-refractivity contribution in [3.63, 3.8) is 0 Å². The second-order valence-corrected chi connectivity index (χ2v) is 8.03. The largest absolute Gasteiger partial charge is 0.416 e. The molecule has 0 radical (unpaired) electrons. The Hall–Kier alpha value is -2.39. The van der Waals surface area contributed by atoms with Crippen LogP contribution in [0.2, 0.25) is 0 Å². The van der Waals surface area contributed by atoms with E-state index in [1.54, 1.807) is 6.07 Å². The normalized spacial score (nSPS) is 16.8. The molecular formula is C17H14F3N3O2S. The van der Waals surface area contributed by atoms with Crippen LogP contribution in [0.4, 0.5) is 13.2 Å². The number of hydrogen-bond donors (Lipinski definition) is 2. The highest BCUT2D eigenvalue weighted by Crippen LogP contribution is 2.53. The number of halogens is 3. The van der Waals surface area contributed by atoms with Gasteiger partial charge in [0.15, 0.2) is 0 Å². The molecule has 0 amide bonds. The molecule has 0 unspecified atom stereocenters. The van der Waals surface area contributed by atoms with Crippen LogP contribution in [0, 0.1) is 0 Å². The first-order chi connectivity index (χ1) is 12.1. The quantitative estimate of drug-likeness (QED) is 0.729. The fraction of sp³-hybridized carbons (Fsp3) is 0.235. The van der Waals surface area contributed by atoms with E-state index in [2.05, 4.69) is 9.97 Å². The van der Waals surface area contributed by atoms with E-state index in [0.29, 0.717) is 16.9 Å². The Kier molecular flexibility index (Phi) is 3.48. The van der Waals surface area contributed by atoms with Crippen LogP contribution < -0.4 is 5.14 Å². The highest BCUT2D eigenvalue weighted by molar-refractivity contribution is 7.89. The van der Waals surface area contributed by atoms with Gasteiger partial charge in [-0.2, -0.15) is 13.2 Å². The lowest BCUT2D eigenvalue weighted by Gasteiger charge is -2.14. The topological polar surface area (TPSA) is 88.8 Å². The van der Waals surface area contributed by atoms with Crippen molar-refractivity contribution >= 4 is 21.1 Å². The van der Waals surface area contributed by atoms with E-state index in [-0.39, 0.29) is 4.90 Å². The molecule has 136 valence electrons. The minimum absolute atomic E-state index is 0.0394. The molecule has 1 heterocycles. The first-order valence-corrected chi connectivity index (χ1v) is 9.35. The van der Waals surface area contributed by atoms with Gasteiger partial charge in [0.1, 0.15) is 5.82 Å². The number of rotatable bonds is 3. The fourth-order valence-corrected chi connectivity index (χ4v) is 3.69. The zero-order chi connectivity index (χ0) is 18.7. The third-order valence-corrected chi connectivity index (χ3v) is 5.66. The summed E-state index contributed by atoms with van der Waals surface area (Å²) in [6.07, 6.45) is -2.88. The van der Waals surface area contributed by atoms with Crippen LogP contribution in [0.1, 0.15) is 29.8 Å². The van der Waals surface area contributed by atoms with Crippen LogP contribution >= 0.6 is 0 Å². The SMILES string of the molecule is NS(=O)(=O)c1ccc2[nH]c(C3(c4ccc(C(F)(F)F)cc4)CC3)nc2c1. The number of alkyl halides is 3. The van der Waals surface area contributed by atoms with Crippen molar-refractivity contribution in [1.82, 2.24) is 9.97 Å². The molecule has 26 heavy (non-hydrogen) atoms. The highest BCUT2D eigenvalue weighted by atomic mass is 32.2. The highest BCUT2D eigenvalue weighted by Gasteiger charge is 2.48. The summed E-state index contributed by atoms with van der Waals surface area (Å²) >= 11 is 0. The lowest BCUT2D eigenvalue weighted by molar-refractivity contribution is -0.137. The van der Waals surface area contributed by atoms with E-state index < -0.39 is 27.2 Å². The van der Waals surface area contributed by atoms with Crippen molar-refractivity contribution in [3.8, 4) is 0 Å². The van der Waals surface area contributed by atoms with Crippen molar-refractivity contribution in [2.24, 2.45) is 5.14 Å². The van der Waals surface area contributed by atoms with Gasteiger partial charge in [-0.3, -0.25) is 0 Å². The molecule has 0 spiro atoms. The maximum atomic E-state index is 12.8. The zero-order valence-electron chi connectivity index (χ0n) is 13.3. The van der Waals surface area contributed by atoms with Crippen LogP contribution in [-0.2, 0) is 21.6 Å². The molecule has 2 aromatic carbocycles. The predicted octanol–water partition coefficient (Wildman–Crippen LogP) is 3.31. The number of benzene rings is 2. The van der Waals surface area contributed by atoms with Gasteiger partial charge < -0.3 is 4.98 Å². The number of primary sulfonamides is 1. The Balaban J connectivity index is 1.75. The third kappa shape index (κ3) is 2.77. The summed E-state index contributed by atoms with van der Waals surface area (Å²) in [7, 11) is -3.84. The average Bonchev–Trinajstić information content (AvgIpc) is 3.26. The van der Waals surface area contributed by atoms with E-state index in [1.165, 1.54) is 24.3 Å². The summed E-state index contributed by atoms with van der Waals surface area (Å²) in [5, 5.41) is 5.14. The van der Waals surface area contributed by atoms with Gasteiger partial charge in [0.2, 0.25) is 10.0 Å². The van der Waals surface area contributed by atoms with Gasteiger partial charge in [-0.25, -0.2) is 18.5 Å². The lowest BCUT2D eigenvalue weighted by Crippen LogP contribution is -2.12. The molecule has 0 atom stereocenters. The number of nitrogens with zero attached hydrogens (tertiary/aromatic N) is 1. The smallest absolute Gasteiger partial charge is 0.341 e. The number of fused-ring (bicyclic) bond motifs is 1. The van der Waals surface area contributed by atoms with Crippen LogP contribution in [0.15, 0.2) is 47.4 Å². The van der Waals surface area contributed by atoms with Crippen LogP contribution in [0.3, 0.4) is 0 Å². The molecular weight excluding hydrogens is 367 g/mol. The second kappa shape index (κ2) is 5.31. The molecule has 9 heteroatoms. The Bertz CT molecular complexity index is 1100. The van der Waals surface area contributed by atoms with E-state index >= 15 is 0 Å². The molecule has 1 aliphatic rings. The molecule has 1 fully saturated rings. The molecule has 0 saturated heterocycles. The lowest BCUT2D eigenvalue weighted by atomic mass is 9.94. The first-order valence-electron chi connectivity index (χ1n) is 7.80. The van der Waals surface area contributed by atoms with E-state index in [9.17, 15) is 21.6 Å². The number of nitrogens with one attached hydrogen (secondary N) is 1. The summed E-state index contributed by atoms with van der Waals surface area (Å²) in [6, 6.07) is 9.42. The Morgan fingerprint density at radius 2 is 1.73 bits per heavy atom. The molecule has 1 aromatic heterocycles. The molecule has 0 bridgehead atoms. The summed E-state index contributed by atoms with van der Waals surface area (Å²) in [5.74, 6) is 0.610. The number of sulfonamides is 1. The third-order valence-electron chi connectivity index (χ3n) is 4.75. The first kappa shape index (κ1) is 17.0. The minimum Gasteiger partial charge on any atom is -0.341 e. The maximum Gasteiger partial charge on any atom is 0.416 e. The number of aromatic amines is 1. The maximum absolute atomic E-state index is 12.8. The van der Waals surface area contributed by atoms with E-state index in [1.807, 2.05) is 0 Å². The van der Waals surface area contributed by atoms with Gasteiger partial charge >= 0.3 is 6.18 Å². The van der Waals surface area contributed by atoms with Crippen molar-refractivity contribution in [2.75, 3.05) is 0 Å². The average molecular weight is 381 g/mol. The summed E-state index contributed by atoms with van der Waals surface area (Å²) in [6.45, 7) is 0. The van der Waals surface area contributed by atoms with E-state index in [0.717, 1.165) is 30.5 Å². The second-order valence-electron chi connectivity index (χ2n) is 6.47. The molecule has 1 saturated carbocycles. The number of hydrogen-bond acceptors (Lipinski definition) is 3. The summed E-state index contributed by atoms with van der Waals surface area (Å²) < 4.78 is 61.2. The predicted molar refractivity (Wildman–Crippen MR) is 88.9 cm³/mol. The van der Waals surface area contributed by atoms with Gasteiger partial charge in [0.05, 0.1) is 26.9 Å². The number of H-pyrrole nitrogens is 1. The molecule has 3 aromatic rings. The van der Waals surface area contributed by atoms with Gasteiger partial charge in [-0.1, -0.05) is 12.1 Å². The minimum atomic E-state index is -4.38. The van der Waals surface area contributed by atoms with Gasteiger partial charge in [-0.15, -0.1) is 0 Å². The Morgan fingerprint density at radius 1 is 1.08 bits per heavy atom. The standard InChI is InChI=1S/C17H14F3N3O2S/c18-17(19,20)11-3-1-10(2-4-11)16(7-8-16)15-22-13-6-5-12(26(21,24)25)9-14(13)23-15/h1-6,9H,7-8H2,(H,22,23)(H2,21,24,25). The molecule has 3 N–H and O–H groups in total. The van der Waals surface area contributed by atoms with Crippen molar-refractivity contribution in [2.45, 2.75) is 29.3 Å². The monoisotopic (exact) mass is 381 g/mol. The molecule has 4 rings (SSSR count). The van der Waals surface area contributed by atoms with Gasteiger partial charge in [0.25, 0.3) is 0 Å². The number of imidazole rings is 1. The molecule has 0 aliphatic heterocycles. The van der Waals surface area contributed by atoms with Gasteiger partial charge in [-0.05, 0) is 48.7 Å². The number of nitrogens with two attached hydrogens (primary N) is 1. The fourth-order valence-electron chi connectivity index (χ4n) is 3.15. The van der Waals surface area contributed by atoms with Crippen molar-refractivity contribution < 1.29 is 21.6 Å². The Morgan fingerprint density at radius 3 is 2.27 bits per heavy atom. The number of aromatic nitrogens is 2.